The van der Waals surface area contributed by atoms with Gasteiger partial charge in [0.1, 0.15) is 22.7 Å². The number of rotatable bonds is 1. The number of anilines is 1. The molecule has 0 fully saturated rings. The molecule has 0 saturated carbocycles. The van der Waals surface area contributed by atoms with E-state index in [1.165, 1.54) is 22.7 Å². The van der Waals surface area contributed by atoms with Gasteiger partial charge in [0.2, 0.25) is 0 Å². The van der Waals surface area contributed by atoms with E-state index in [1.807, 2.05) is 14.0 Å². The van der Waals surface area contributed by atoms with Crippen LogP contribution >= 0.6 is 0 Å². The van der Waals surface area contributed by atoms with Crippen molar-refractivity contribution in [3.63, 3.8) is 0 Å². The van der Waals surface area contributed by atoms with Crippen LogP contribution in [0.3, 0.4) is 0 Å². The van der Waals surface area contributed by atoms with E-state index in [4.69, 9.17) is 0 Å². The first kappa shape index (κ1) is 8.93. The fraction of sp³-hybridized carbons (Fsp3) is 0.250. The minimum absolute atomic E-state index is 0.889. The Hall–Kier alpha value is -1.34. The molecule has 0 saturated heterocycles. The van der Waals surface area contributed by atoms with Gasteiger partial charge in [0.05, 0.1) is 28.4 Å². The average molecular weight is 237 g/mol. The maximum atomic E-state index is 4.28. The van der Waals surface area contributed by atoms with Crippen molar-refractivity contribution >= 4 is 51.1 Å². The van der Waals surface area contributed by atoms with Crippen molar-refractivity contribution in [1.29, 1.82) is 0 Å². The number of hydrogen-bond acceptors (Lipinski definition) is 5. The second-order valence-corrected chi connectivity index (χ2v) is 4.23. The van der Waals surface area contributed by atoms with Gasteiger partial charge in [-0.25, -0.2) is 0 Å². The van der Waals surface area contributed by atoms with E-state index in [0.29, 0.717) is 0 Å². The minimum Gasteiger partial charge on any atom is -0.384 e. The van der Waals surface area contributed by atoms with Crippen LogP contribution in [-0.4, -0.2) is 7.05 Å². The lowest BCUT2D eigenvalue weighted by Crippen LogP contribution is -1.90. The summed E-state index contributed by atoms with van der Waals surface area (Å²) < 4.78 is 17.1. The number of fused-ring (bicyclic) bond motifs is 2. The summed E-state index contributed by atoms with van der Waals surface area (Å²) in [7, 11) is 1.86. The summed E-state index contributed by atoms with van der Waals surface area (Å²) in [6, 6.07) is 0. The molecule has 2 heterocycles. The molecule has 15 heavy (non-hydrogen) atoms. The summed E-state index contributed by atoms with van der Waals surface area (Å²) in [5, 5.41) is 3.12. The fourth-order valence-corrected chi connectivity index (χ4v) is 2.87. The Morgan fingerprint density at radius 3 is 1.80 bits per heavy atom. The van der Waals surface area contributed by atoms with Crippen LogP contribution in [0.15, 0.2) is 17.5 Å². The summed E-state index contributed by atoms with van der Waals surface area (Å²) in [5.74, 6) is 0. The SMILES string of the molecule is CNc1c2c(c(C)c3c1N=S=N3)N=S=N2. The molecular weight excluding hydrogens is 230 g/mol. The summed E-state index contributed by atoms with van der Waals surface area (Å²) in [5.41, 5.74) is 5.60. The van der Waals surface area contributed by atoms with Gasteiger partial charge >= 0.3 is 0 Å². The van der Waals surface area contributed by atoms with Gasteiger partial charge in [-0.2, -0.15) is 17.5 Å². The third-order valence-electron chi connectivity index (χ3n) is 2.41. The Kier molecular flexibility index (Phi) is 1.83. The zero-order valence-electron chi connectivity index (χ0n) is 8.11. The maximum Gasteiger partial charge on any atom is 0.130 e. The highest BCUT2D eigenvalue weighted by Gasteiger charge is 2.24. The first-order valence-electron chi connectivity index (χ1n) is 4.37. The van der Waals surface area contributed by atoms with Gasteiger partial charge in [0.15, 0.2) is 0 Å². The molecule has 0 unspecified atom stereocenters. The summed E-state index contributed by atoms with van der Waals surface area (Å²) in [4.78, 5) is 0. The monoisotopic (exact) mass is 237 g/mol. The number of benzene rings is 1. The molecule has 0 atom stereocenters. The Morgan fingerprint density at radius 2 is 1.33 bits per heavy atom. The summed E-state index contributed by atoms with van der Waals surface area (Å²) in [6.07, 6.45) is 0. The molecule has 5 nitrogen and oxygen atoms in total. The van der Waals surface area contributed by atoms with Crippen molar-refractivity contribution in [1.82, 2.24) is 0 Å². The van der Waals surface area contributed by atoms with Gasteiger partial charge in [-0.05, 0) is 6.92 Å². The standard InChI is InChI=1S/C8H7N5S2/c1-3-4-7(12-14-10-4)6(9-2)8-5(3)11-15-13-8/h9H,1-2H3. The lowest BCUT2D eigenvalue weighted by atomic mass is 10.1. The van der Waals surface area contributed by atoms with E-state index in [1.54, 1.807) is 0 Å². The molecule has 0 bridgehead atoms. The lowest BCUT2D eigenvalue weighted by molar-refractivity contribution is 1.36. The van der Waals surface area contributed by atoms with Crippen molar-refractivity contribution in [3.05, 3.63) is 5.56 Å². The molecule has 0 amide bonds. The van der Waals surface area contributed by atoms with Gasteiger partial charge in [-0.15, -0.1) is 0 Å². The van der Waals surface area contributed by atoms with Crippen molar-refractivity contribution in [3.8, 4) is 0 Å². The van der Waals surface area contributed by atoms with Crippen molar-refractivity contribution in [2.24, 2.45) is 17.5 Å². The van der Waals surface area contributed by atoms with Crippen molar-refractivity contribution in [2.45, 2.75) is 6.92 Å². The predicted molar refractivity (Wildman–Crippen MR) is 63.8 cm³/mol. The first-order valence-corrected chi connectivity index (χ1v) is 5.84. The van der Waals surface area contributed by atoms with Crippen LogP contribution in [0.2, 0.25) is 0 Å². The van der Waals surface area contributed by atoms with Crippen LogP contribution in [0.5, 0.6) is 0 Å². The van der Waals surface area contributed by atoms with Crippen molar-refractivity contribution < 1.29 is 0 Å². The molecule has 2 aliphatic heterocycles. The molecule has 2 aliphatic rings. The molecule has 0 aromatic heterocycles. The third-order valence-corrected chi connectivity index (χ3v) is 3.47. The largest absolute Gasteiger partial charge is 0.384 e. The maximum absolute atomic E-state index is 4.28. The van der Waals surface area contributed by atoms with Crippen molar-refractivity contribution in [2.75, 3.05) is 12.4 Å². The molecule has 1 aromatic rings. The van der Waals surface area contributed by atoms with E-state index in [-0.39, 0.29) is 0 Å². The van der Waals surface area contributed by atoms with Gasteiger partial charge < -0.3 is 5.32 Å². The van der Waals surface area contributed by atoms with Crippen LogP contribution in [0, 0.1) is 6.92 Å². The van der Waals surface area contributed by atoms with E-state index >= 15 is 0 Å². The van der Waals surface area contributed by atoms with E-state index < -0.39 is 0 Å². The zero-order chi connectivity index (χ0) is 10.4. The van der Waals surface area contributed by atoms with Crippen LogP contribution in [0.1, 0.15) is 5.56 Å². The second-order valence-electron chi connectivity index (χ2n) is 3.17. The normalized spacial score (nSPS) is 14.5. The molecule has 1 N–H and O–H groups in total. The molecule has 0 radical (unpaired) electrons. The Bertz CT molecular complexity index is 557. The fourth-order valence-electron chi connectivity index (χ4n) is 1.66. The Balaban J connectivity index is 2.44. The molecule has 1 aromatic carbocycles. The van der Waals surface area contributed by atoms with Gasteiger partial charge in [0, 0.05) is 12.6 Å². The molecule has 0 aliphatic carbocycles. The van der Waals surface area contributed by atoms with E-state index in [0.717, 1.165) is 34.0 Å². The lowest BCUT2D eigenvalue weighted by Gasteiger charge is -2.10. The summed E-state index contributed by atoms with van der Waals surface area (Å²) >= 11 is 2.44. The van der Waals surface area contributed by atoms with E-state index in [2.05, 4.69) is 22.8 Å². The highest BCUT2D eigenvalue weighted by atomic mass is 32.1. The summed E-state index contributed by atoms with van der Waals surface area (Å²) in [6.45, 7) is 2.01. The number of nitrogens with one attached hydrogen (secondary N) is 1. The van der Waals surface area contributed by atoms with Crippen LogP contribution < -0.4 is 5.32 Å². The molecule has 3 rings (SSSR count). The Morgan fingerprint density at radius 1 is 0.867 bits per heavy atom. The average Bonchev–Trinajstić information content (AvgIpc) is 2.85. The smallest absolute Gasteiger partial charge is 0.130 e. The molecule has 7 heteroatoms. The number of nitrogens with zero attached hydrogens (tertiary/aromatic N) is 4. The molecule has 0 spiro atoms. The van der Waals surface area contributed by atoms with Crippen LogP contribution in [0.4, 0.5) is 28.4 Å². The van der Waals surface area contributed by atoms with E-state index in [9.17, 15) is 0 Å². The second kappa shape index (κ2) is 3.07. The van der Waals surface area contributed by atoms with Gasteiger partial charge in [-0.1, -0.05) is 0 Å². The zero-order valence-corrected chi connectivity index (χ0v) is 9.74. The van der Waals surface area contributed by atoms with Gasteiger partial charge in [-0.3, -0.25) is 0 Å². The third kappa shape index (κ3) is 1.07. The highest BCUT2D eigenvalue weighted by molar-refractivity contribution is 7.58. The minimum atomic E-state index is 0.889. The highest BCUT2D eigenvalue weighted by Crippen LogP contribution is 2.53. The molecule has 76 valence electrons. The van der Waals surface area contributed by atoms with Gasteiger partial charge in [0.25, 0.3) is 0 Å². The quantitative estimate of drug-likeness (QED) is 0.691. The predicted octanol–water partition coefficient (Wildman–Crippen LogP) is 3.49. The number of hydrogen-bond donors (Lipinski definition) is 1. The Labute approximate surface area is 93.7 Å². The molecular formula is C8H7N5S2. The van der Waals surface area contributed by atoms with Crippen LogP contribution in [0.25, 0.3) is 0 Å². The van der Waals surface area contributed by atoms with Crippen LogP contribution in [-0.2, 0) is 22.7 Å². The topological polar surface area (TPSA) is 61.5 Å². The first-order chi connectivity index (χ1) is 7.33.